The summed E-state index contributed by atoms with van der Waals surface area (Å²) in [5.41, 5.74) is 8.54. The lowest BCUT2D eigenvalue weighted by Crippen LogP contribution is -2.50. The number of nitrogens with two attached hydrogens (primary N) is 1. The number of carbonyl (C=O) groups is 1. The van der Waals surface area contributed by atoms with Crippen molar-refractivity contribution in [2.24, 2.45) is 0 Å². The van der Waals surface area contributed by atoms with Crippen molar-refractivity contribution in [2.45, 2.75) is 12.7 Å². The van der Waals surface area contributed by atoms with Gasteiger partial charge in [-0.1, -0.05) is 36.4 Å². The molecule has 138 valence electrons. The zero-order valence-electron chi connectivity index (χ0n) is 14.8. The topological polar surface area (TPSA) is 83.7 Å². The first-order valence-corrected chi connectivity index (χ1v) is 10.1. The maximum atomic E-state index is 12.7. The van der Waals surface area contributed by atoms with Crippen molar-refractivity contribution < 1.29 is 13.2 Å². The first-order chi connectivity index (χ1) is 12.4. The molecule has 0 unspecified atom stereocenters. The number of rotatable bonds is 4. The van der Waals surface area contributed by atoms with Gasteiger partial charge in [-0.25, -0.2) is 8.42 Å². The molecular formula is C19H23N3O3S. The van der Waals surface area contributed by atoms with Crippen LogP contribution in [0.5, 0.6) is 0 Å². The highest BCUT2D eigenvalue weighted by Crippen LogP contribution is 2.18. The van der Waals surface area contributed by atoms with E-state index in [1.165, 1.54) is 4.31 Å². The minimum atomic E-state index is -3.39. The van der Waals surface area contributed by atoms with Gasteiger partial charge in [-0.2, -0.15) is 4.31 Å². The van der Waals surface area contributed by atoms with E-state index in [0.717, 1.165) is 11.1 Å². The molecule has 0 saturated carbocycles. The van der Waals surface area contributed by atoms with Gasteiger partial charge in [0.25, 0.3) is 5.91 Å². The lowest BCUT2D eigenvalue weighted by molar-refractivity contribution is 0.0697. The monoisotopic (exact) mass is 373 g/mol. The van der Waals surface area contributed by atoms with E-state index in [4.69, 9.17) is 5.73 Å². The van der Waals surface area contributed by atoms with Gasteiger partial charge in [0.05, 0.1) is 5.75 Å². The molecule has 1 amide bonds. The number of nitrogens with zero attached hydrogens (tertiary/aromatic N) is 2. The van der Waals surface area contributed by atoms with Crippen LogP contribution in [0, 0.1) is 6.92 Å². The molecule has 0 bridgehead atoms. The molecular weight excluding hydrogens is 350 g/mol. The Morgan fingerprint density at radius 2 is 1.69 bits per heavy atom. The van der Waals surface area contributed by atoms with Crippen molar-refractivity contribution in [3.8, 4) is 0 Å². The molecule has 2 N–H and O–H groups in total. The highest BCUT2D eigenvalue weighted by molar-refractivity contribution is 7.88. The summed E-state index contributed by atoms with van der Waals surface area (Å²) in [5, 5.41) is 0. The van der Waals surface area contributed by atoms with Crippen LogP contribution in [0.4, 0.5) is 5.69 Å². The van der Waals surface area contributed by atoms with Crippen molar-refractivity contribution >= 4 is 21.6 Å². The summed E-state index contributed by atoms with van der Waals surface area (Å²) in [6.07, 6.45) is 0. The van der Waals surface area contributed by atoms with E-state index in [9.17, 15) is 13.2 Å². The van der Waals surface area contributed by atoms with Crippen molar-refractivity contribution in [2.75, 3.05) is 31.9 Å². The normalized spacial score (nSPS) is 15.8. The first kappa shape index (κ1) is 18.4. The van der Waals surface area contributed by atoms with E-state index in [0.29, 0.717) is 37.4 Å². The van der Waals surface area contributed by atoms with Gasteiger partial charge in [0.1, 0.15) is 0 Å². The average Bonchev–Trinajstić information content (AvgIpc) is 2.64. The molecule has 1 fully saturated rings. The number of hydrogen-bond acceptors (Lipinski definition) is 4. The number of nitrogen functional groups attached to an aromatic ring is 1. The number of aryl methyl sites for hydroxylation is 1. The van der Waals surface area contributed by atoms with Gasteiger partial charge in [-0.15, -0.1) is 0 Å². The van der Waals surface area contributed by atoms with E-state index in [1.807, 2.05) is 31.2 Å². The van der Waals surface area contributed by atoms with Crippen molar-refractivity contribution in [3.05, 3.63) is 65.2 Å². The first-order valence-electron chi connectivity index (χ1n) is 8.54. The van der Waals surface area contributed by atoms with Gasteiger partial charge in [-0.3, -0.25) is 4.79 Å². The molecule has 1 aliphatic rings. The predicted molar refractivity (Wildman–Crippen MR) is 102 cm³/mol. The second-order valence-corrected chi connectivity index (χ2v) is 8.48. The second kappa shape index (κ2) is 7.47. The molecule has 0 aliphatic carbocycles. The Bertz CT molecular complexity index is 890. The molecule has 2 aromatic rings. The molecule has 0 spiro atoms. The molecule has 0 radical (unpaired) electrons. The predicted octanol–water partition coefficient (Wildman–Crippen LogP) is 1.87. The van der Waals surface area contributed by atoms with Crippen LogP contribution < -0.4 is 5.73 Å². The number of amides is 1. The third kappa shape index (κ3) is 4.05. The largest absolute Gasteiger partial charge is 0.399 e. The van der Waals surface area contributed by atoms with Crippen LogP contribution in [-0.4, -0.2) is 49.7 Å². The SMILES string of the molecule is Cc1ccc(N)cc1C(=O)N1CCN(S(=O)(=O)Cc2ccccc2)CC1. The molecule has 6 nitrogen and oxygen atoms in total. The molecule has 1 saturated heterocycles. The highest BCUT2D eigenvalue weighted by atomic mass is 32.2. The third-order valence-corrected chi connectivity index (χ3v) is 6.45. The quantitative estimate of drug-likeness (QED) is 0.829. The van der Waals surface area contributed by atoms with Crippen LogP contribution >= 0.6 is 0 Å². The summed E-state index contributed by atoms with van der Waals surface area (Å²) in [6.45, 7) is 3.24. The minimum Gasteiger partial charge on any atom is -0.399 e. The summed E-state index contributed by atoms with van der Waals surface area (Å²) < 4.78 is 26.7. The minimum absolute atomic E-state index is 0.0177. The number of piperazine rings is 1. The summed E-state index contributed by atoms with van der Waals surface area (Å²) >= 11 is 0. The average molecular weight is 373 g/mol. The Hall–Kier alpha value is -2.38. The van der Waals surface area contributed by atoms with Crippen molar-refractivity contribution in [1.82, 2.24) is 9.21 Å². The number of benzene rings is 2. The molecule has 26 heavy (non-hydrogen) atoms. The van der Waals surface area contributed by atoms with Crippen LogP contribution in [-0.2, 0) is 15.8 Å². The molecule has 0 aromatic heterocycles. The second-order valence-electron chi connectivity index (χ2n) is 6.51. The molecule has 7 heteroatoms. The Morgan fingerprint density at radius 1 is 1.04 bits per heavy atom. The summed E-state index contributed by atoms with van der Waals surface area (Å²) in [7, 11) is -3.39. The number of hydrogen-bond donors (Lipinski definition) is 1. The number of sulfonamides is 1. The van der Waals surface area contributed by atoms with Gasteiger partial charge >= 0.3 is 0 Å². The maximum absolute atomic E-state index is 12.7. The van der Waals surface area contributed by atoms with Gasteiger partial charge < -0.3 is 10.6 Å². The fourth-order valence-corrected chi connectivity index (χ4v) is 4.60. The smallest absolute Gasteiger partial charge is 0.254 e. The third-order valence-electron chi connectivity index (χ3n) is 4.60. The fourth-order valence-electron chi connectivity index (χ4n) is 3.09. The molecule has 2 aromatic carbocycles. The zero-order valence-corrected chi connectivity index (χ0v) is 15.6. The van der Waals surface area contributed by atoms with Crippen LogP contribution in [0.15, 0.2) is 48.5 Å². The van der Waals surface area contributed by atoms with Crippen molar-refractivity contribution in [1.29, 1.82) is 0 Å². The van der Waals surface area contributed by atoms with Crippen molar-refractivity contribution in [3.63, 3.8) is 0 Å². The van der Waals surface area contributed by atoms with E-state index < -0.39 is 10.0 Å². The summed E-state index contributed by atoms with van der Waals surface area (Å²) in [6, 6.07) is 14.4. The molecule has 0 atom stereocenters. The number of carbonyl (C=O) groups excluding carboxylic acids is 1. The van der Waals surface area contributed by atoms with Crippen LogP contribution in [0.25, 0.3) is 0 Å². The van der Waals surface area contributed by atoms with Gasteiger partial charge in [0.15, 0.2) is 0 Å². The van der Waals surface area contributed by atoms with Crippen LogP contribution in [0.3, 0.4) is 0 Å². The lowest BCUT2D eigenvalue weighted by Gasteiger charge is -2.34. The van der Waals surface area contributed by atoms with E-state index in [1.54, 1.807) is 29.2 Å². The molecule has 3 rings (SSSR count). The standard InChI is InChI=1S/C19H23N3O3S/c1-15-7-8-17(20)13-18(15)19(23)21-9-11-22(12-10-21)26(24,25)14-16-5-3-2-4-6-16/h2-8,13H,9-12,14,20H2,1H3. The van der Waals surface area contributed by atoms with Gasteiger partial charge in [-0.05, 0) is 30.2 Å². The van der Waals surface area contributed by atoms with Gasteiger partial charge in [0.2, 0.25) is 10.0 Å². The Kier molecular flexibility index (Phi) is 5.29. The fraction of sp³-hybridized carbons (Fsp3) is 0.316. The van der Waals surface area contributed by atoms with Crippen LogP contribution in [0.1, 0.15) is 21.5 Å². The van der Waals surface area contributed by atoms with Crippen LogP contribution in [0.2, 0.25) is 0 Å². The maximum Gasteiger partial charge on any atom is 0.254 e. The Morgan fingerprint density at radius 3 is 2.35 bits per heavy atom. The summed E-state index contributed by atoms with van der Waals surface area (Å²) in [5.74, 6) is -0.120. The zero-order chi connectivity index (χ0) is 18.7. The lowest BCUT2D eigenvalue weighted by atomic mass is 10.1. The van der Waals surface area contributed by atoms with E-state index >= 15 is 0 Å². The number of anilines is 1. The molecule has 1 heterocycles. The van der Waals surface area contributed by atoms with Gasteiger partial charge in [0, 0.05) is 37.4 Å². The summed E-state index contributed by atoms with van der Waals surface area (Å²) in [4.78, 5) is 14.4. The highest BCUT2D eigenvalue weighted by Gasteiger charge is 2.29. The van der Waals surface area contributed by atoms with E-state index in [2.05, 4.69) is 0 Å². The van der Waals surface area contributed by atoms with E-state index in [-0.39, 0.29) is 11.7 Å². The molecule has 1 aliphatic heterocycles. The Balaban J connectivity index is 1.65. The Labute approximate surface area is 154 Å².